The van der Waals surface area contributed by atoms with Gasteiger partial charge in [0.1, 0.15) is 18.0 Å². The summed E-state index contributed by atoms with van der Waals surface area (Å²) in [5.74, 6) is 0.761. The van der Waals surface area contributed by atoms with Crippen molar-refractivity contribution in [3.8, 4) is 5.75 Å². The van der Waals surface area contributed by atoms with Gasteiger partial charge in [-0.15, -0.1) is 0 Å². The van der Waals surface area contributed by atoms with Crippen LogP contribution in [0.3, 0.4) is 0 Å². The molecule has 0 aliphatic carbocycles. The number of benzene rings is 1. The first-order chi connectivity index (χ1) is 10.9. The van der Waals surface area contributed by atoms with Crippen LogP contribution in [0.4, 0.5) is 10.5 Å². The summed E-state index contributed by atoms with van der Waals surface area (Å²) < 4.78 is 11.3. The zero-order valence-electron chi connectivity index (χ0n) is 13.9. The van der Waals surface area contributed by atoms with E-state index >= 15 is 0 Å². The van der Waals surface area contributed by atoms with Crippen molar-refractivity contribution in [1.29, 1.82) is 0 Å². The van der Waals surface area contributed by atoms with Gasteiger partial charge in [0, 0.05) is 25.2 Å². The normalized spacial score (nSPS) is 20.4. The zero-order valence-corrected chi connectivity index (χ0v) is 13.9. The molecular formula is C17H24N2O4. The number of carbonyl (C=O) groups is 1. The monoisotopic (exact) mass is 320 g/mol. The number of ether oxygens (including phenoxy) is 2. The third-order valence-corrected chi connectivity index (χ3v) is 4.11. The third kappa shape index (κ3) is 3.22. The van der Waals surface area contributed by atoms with Gasteiger partial charge in [-0.05, 0) is 26.8 Å². The summed E-state index contributed by atoms with van der Waals surface area (Å²) in [6.45, 7) is 8.02. The van der Waals surface area contributed by atoms with Crippen molar-refractivity contribution >= 4 is 11.8 Å². The maximum Gasteiger partial charge on any atom is 0.410 e. The molecule has 0 unspecified atom stereocenters. The lowest BCUT2D eigenvalue weighted by molar-refractivity contribution is 0.0194. The average Bonchev–Trinajstić information content (AvgIpc) is 2.51. The molecule has 6 nitrogen and oxygen atoms in total. The molecule has 1 saturated heterocycles. The molecule has 0 aromatic heterocycles. The van der Waals surface area contributed by atoms with Gasteiger partial charge in [0.15, 0.2) is 0 Å². The lowest BCUT2D eigenvalue weighted by atomic mass is 10.1. The Bertz CT molecular complexity index is 597. The fraction of sp³-hybridized carbons (Fsp3) is 0.588. The molecule has 126 valence electrons. The van der Waals surface area contributed by atoms with Crippen molar-refractivity contribution in [2.24, 2.45) is 0 Å². The van der Waals surface area contributed by atoms with E-state index in [-0.39, 0.29) is 18.7 Å². The molecule has 0 saturated carbocycles. The smallest absolute Gasteiger partial charge is 0.410 e. The van der Waals surface area contributed by atoms with Gasteiger partial charge >= 0.3 is 6.09 Å². The average molecular weight is 320 g/mol. The topological polar surface area (TPSA) is 62.2 Å². The van der Waals surface area contributed by atoms with E-state index in [2.05, 4.69) is 4.90 Å². The number of carbonyl (C=O) groups excluding carboxylic acids is 1. The number of aliphatic hydroxyl groups excluding tert-OH is 1. The van der Waals surface area contributed by atoms with Crippen LogP contribution in [-0.4, -0.2) is 54.0 Å². The van der Waals surface area contributed by atoms with Gasteiger partial charge in [0.25, 0.3) is 0 Å². The van der Waals surface area contributed by atoms with Crippen LogP contribution < -0.4 is 9.64 Å². The number of rotatable bonds is 1. The first kappa shape index (κ1) is 15.9. The molecule has 2 heterocycles. The molecule has 1 atom stereocenters. The van der Waals surface area contributed by atoms with E-state index in [1.807, 2.05) is 39.0 Å². The highest BCUT2D eigenvalue weighted by Crippen LogP contribution is 2.38. The highest BCUT2D eigenvalue weighted by molar-refractivity contribution is 5.70. The van der Waals surface area contributed by atoms with Gasteiger partial charge in [-0.3, -0.25) is 0 Å². The van der Waals surface area contributed by atoms with Crippen molar-refractivity contribution in [1.82, 2.24) is 4.90 Å². The van der Waals surface area contributed by atoms with E-state index in [0.29, 0.717) is 19.7 Å². The molecular weight excluding hydrogens is 296 g/mol. The number of para-hydroxylation sites is 1. The van der Waals surface area contributed by atoms with E-state index in [0.717, 1.165) is 23.5 Å². The number of piperazine rings is 1. The molecule has 23 heavy (non-hydrogen) atoms. The molecule has 1 aromatic carbocycles. The van der Waals surface area contributed by atoms with Crippen LogP contribution in [0.1, 0.15) is 26.3 Å². The van der Waals surface area contributed by atoms with Gasteiger partial charge in [-0.1, -0.05) is 12.1 Å². The number of nitrogens with zero attached hydrogens (tertiary/aromatic N) is 2. The van der Waals surface area contributed by atoms with Crippen molar-refractivity contribution in [3.63, 3.8) is 0 Å². The number of hydrogen-bond acceptors (Lipinski definition) is 5. The van der Waals surface area contributed by atoms with Crippen LogP contribution in [-0.2, 0) is 11.3 Å². The van der Waals surface area contributed by atoms with Crippen molar-refractivity contribution in [2.45, 2.75) is 39.0 Å². The molecule has 0 spiro atoms. The van der Waals surface area contributed by atoms with Crippen molar-refractivity contribution in [3.05, 3.63) is 23.8 Å². The third-order valence-electron chi connectivity index (χ3n) is 4.11. The molecule has 1 aromatic rings. The van der Waals surface area contributed by atoms with Gasteiger partial charge in [0.2, 0.25) is 0 Å². The van der Waals surface area contributed by atoms with E-state index in [1.54, 1.807) is 4.90 Å². The van der Waals surface area contributed by atoms with Crippen LogP contribution in [0, 0.1) is 0 Å². The maximum atomic E-state index is 12.2. The summed E-state index contributed by atoms with van der Waals surface area (Å²) in [4.78, 5) is 16.3. The Kier molecular flexibility index (Phi) is 4.10. The molecule has 1 amide bonds. The zero-order chi connectivity index (χ0) is 16.6. The lowest BCUT2D eigenvalue weighted by Crippen LogP contribution is -2.59. The Morgan fingerprint density at radius 3 is 2.87 bits per heavy atom. The first-order valence-electron chi connectivity index (χ1n) is 7.99. The summed E-state index contributed by atoms with van der Waals surface area (Å²) in [6, 6.07) is 5.91. The molecule has 1 fully saturated rings. The second-order valence-corrected chi connectivity index (χ2v) is 7.01. The highest BCUT2D eigenvalue weighted by atomic mass is 16.6. The summed E-state index contributed by atoms with van der Waals surface area (Å²) in [5.41, 5.74) is 1.31. The second kappa shape index (κ2) is 5.92. The molecule has 0 bridgehead atoms. The Balaban J connectivity index is 1.74. The number of hydrogen-bond donors (Lipinski definition) is 1. The van der Waals surface area contributed by atoms with Crippen LogP contribution in [0.15, 0.2) is 18.2 Å². The summed E-state index contributed by atoms with van der Waals surface area (Å²) >= 11 is 0. The second-order valence-electron chi connectivity index (χ2n) is 7.01. The summed E-state index contributed by atoms with van der Waals surface area (Å²) in [7, 11) is 0. The fourth-order valence-corrected chi connectivity index (χ4v) is 3.08. The Labute approximate surface area is 136 Å². The molecule has 0 radical (unpaired) electrons. The number of fused-ring (bicyclic) bond motifs is 3. The minimum absolute atomic E-state index is 0.0360. The van der Waals surface area contributed by atoms with Gasteiger partial charge in [-0.2, -0.15) is 0 Å². The van der Waals surface area contributed by atoms with E-state index in [1.165, 1.54) is 0 Å². The molecule has 3 rings (SSSR count). The van der Waals surface area contributed by atoms with Gasteiger partial charge < -0.3 is 24.4 Å². The maximum absolute atomic E-state index is 12.2. The minimum atomic E-state index is -0.486. The van der Waals surface area contributed by atoms with Crippen LogP contribution in [0.5, 0.6) is 5.75 Å². The quantitative estimate of drug-likeness (QED) is 0.857. The number of aliphatic hydroxyl groups is 1. The minimum Gasteiger partial charge on any atom is -0.489 e. The number of amides is 1. The number of anilines is 1. The molecule has 2 aliphatic rings. The highest BCUT2D eigenvalue weighted by Gasteiger charge is 2.36. The Morgan fingerprint density at radius 1 is 1.39 bits per heavy atom. The largest absolute Gasteiger partial charge is 0.489 e. The molecule has 2 aliphatic heterocycles. The predicted molar refractivity (Wildman–Crippen MR) is 86.8 cm³/mol. The summed E-state index contributed by atoms with van der Waals surface area (Å²) in [6.07, 6.45) is -0.271. The predicted octanol–water partition coefficient (Wildman–Crippen LogP) is 2.00. The fourth-order valence-electron chi connectivity index (χ4n) is 3.08. The van der Waals surface area contributed by atoms with Crippen LogP contribution in [0.25, 0.3) is 0 Å². The van der Waals surface area contributed by atoms with Gasteiger partial charge in [0.05, 0.1) is 18.3 Å². The van der Waals surface area contributed by atoms with E-state index in [4.69, 9.17) is 9.47 Å². The van der Waals surface area contributed by atoms with Crippen LogP contribution >= 0.6 is 0 Å². The van der Waals surface area contributed by atoms with Crippen LogP contribution in [0.2, 0.25) is 0 Å². The standard InChI is InChI=1S/C17H24N2O4/c1-17(2,3)23-16(21)18-7-8-19-13(9-18)11-22-15-12(10-20)5-4-6-14(15)19/h4-6,13,20H,7-11H2,1-3H3/t13-/m1/s1. The van der Waals surface area contributed by atoms with Gasteiger partial charge in [-0.25, -0.2) is 4.79 Å². The Hall–Kier alpha value is -1.95. The van der Waals surface area contributed by atoms with E-state index in [9.17, 15) is 9.90 Å². The molecule has 6 heteroatoms. The first-order valence-corrected chi connectivity index (χ1v) is 7.99. The van der Waals surface area contributed by atoms with Crippen molar-refractivity contribution < 1.29 is 19.4 Å². The SMILES string of the molecule is CC(C)(C)OC(=O)N1CCN2c3cccc(CO)c3OC[C@H]2C1. The Morgan fingerprint density at radius 2 is 2.17 bits per heavy atom. The van der Waals surface area contributed by atoms with E-state index < -0.39 is 5.60 Å². The van der Waals surface area contributed by atoms with Crippen molar-refractivity contribution in [2.75, 3.05) is 31.1 Å². The summed E-state index contributed by atoms with van der Waals surface area (Å²) in [5, 5.41) is 9.44. The lowest BCUT2D eigenvalue weighted by Gasteiger charge is -2.45. The molecule has 1 N–H and O–H groups in total.